The summed E-state index contributed by atoms with van der Waals surface area (Å²) in [5.74, 6) is -0.682. The predicted molar refractivity (Wildman–Crippen MR) is 122 cm³/mol. The number of halogens is 3. The van der Waals surface area contributed by atoms with E-state index in [-0.39, 0.29) is 11.9 Å². The average Bonchev–Trinajstić information content (AvgIpc) is 3.05. The number of alkyl halides is 3. The van der Waals surface area contributed by atoms with E-state index in [0.717, 1.165) is 33.0 Å². The lowest BCUT2D eigenvalue weighted by Gasteiger charge is -2.16. The van der Waals surface area contributed by atoms with Crippen molar-refractivity contribution in [2.75, 3.05) is 7.11 Å². The van der Waals surface area contributed by atoms with E-state index >= 15 is 0 Å². The van der Waals surface area contributed by atoms with Crippen LogP contribution in [0.5, 0.6) is 0 Å². The predicted octanol–water partition coefficient (Wildman–Crippen LogP) is 6.25. The molecule has 0 fully saturated rings. The molecule has 8 heteroatoms. The highest BCUT2D eigenvalue weighted by Crippen LogP contribution is 2.32. The number of thiophene rings is 1. The van der Waals surface area contributed by atoms with Crippen LogP contribution in [0.1, 0.15) is 65.7 Å². The fraction of sp³-hybridized carbons (Fsp3) is 0.280. The van der Waals surface area contributed by atoms with Crippen molar-refractivity contribution in [1.82, 2.24) is 5.32 Å². The molecule has 1 aromatic heterocycles. The summed E-state index contributed by atoms with van der Waals surface area (Å²) in [4.78, 5) is 26.6. The molecule has 3 aromatic rings. The van der Waals surface area contributed by atoms with E-state index in [1.165, 1.54) is 30.6 Å². The molecule has 33 heavy (non-hydrogen) atoms. The fourth-order valence-electron chi connectivity index (χ4n) is 3.63. The topological polar surface area (TPSA) is 55.4 Å². The first-order valence-corrected chi connectivity index (χ1v) is 11.1. The maximum absolute atomic E-state index is 13.2. The summed E-state index contributed by atoms with van der Waals surface area (Å²) in [6, 6.07) is 11.5. The molecule has 1 amide bonds. The molecule has 0 radical (unpaired) electrons. The van der Waals surface area contributed by atoms with Crippen molar-refractivity contribution in [2.45, 2.75) is 39.4 Å². The number of carbonyl (C=O) groups is 2. The van der Waals surface area contributed by atoms with Gasteiger partial charge in [-0.05, 0) is 68.1 Å². The van der Waals surface area contributed by atoms with Crippen LogP contribution in [-0.4, -0.2) is 19.0 Å². The molecule has 0 aliphatic rings. The van der Waals surface area contributed by atoms with Gasteiger partial charge in [-0.25, -0.2) is 4.79 Å². The Labute approximate surface area is 194 Å². The van der Waals surface area contributed by atoms with Gasteiger partial charge in [0.1, 0.15) is 0 Å². The number of benzene rings is 2. The van der Waals surface area contributed by atoms with E-state index in [1.54, 1.807) is 24.3 Å². The standard InChI is InChI=1S/C25H24F3NO3S/c1-14(18-7-9-19(10-8-18)24(31)32-4)29-23(30)22-16(3)33-15(2)21(22)13-17-5-11-20(12-6-17)25(26,27)28/h5-12,14H,13H2,1-4H3,(H,29,30)/t14-/m0/s1. The summed E-state index contributed by atoms with van der Waals surface area (Å²) >= 11 is 1.49. The van der Waals surface area contributed by atoms with Crippen molar-refractivity contribution in [3.8, 4) is 0 Å². The van der Waals surface area contributed by atoms with Gasteiger partial charge in [-0.1, -0.05) is 24.3 Å². The van der Waals surface area contributed by atoms with Crippen molar-refractivity contribution >= 4 is 23.2 Å². The minimum Gasteiger partial charge on any atom is -0.465 e. The van der Waals surface area contributed by atoms with Crippen molar-refractivity contribution in [3.05, 3.63) is 91.7 Å². The van der Waals surface area contributed by atoms with E-state index in [4.69, 9.17) is 4.74 Å². The first-order valence-electron chi connectivity index (χ1n) is 10.3. The minimum atomic E-state index is -4.39. The first-order chi connectivity index (χ1) is 15.5. The molecule has 0 aliphatic heterocycles. The number of methoxy groups -OCH3 is 1. The molecule has 0 unspecified atom stereocenters. The molecule has 0 spiro atoms. The monoisotopic (exact) mass is 475 g/mol. The normalized spacial score (nSPS) is 12.3. The lowest BCUT2D eigenvalue weighted by molar-refractivity contribution is -0.137. The zero-order valence-electron chi connectivity index (χ0n) is 18.7. The minimum absolute atomic E-state index is 0.247. The van der Waals surface area contributed by atoms with Crippen molar-refractivity contribution in [1.29, 1.82) is 0 Å². The third-order valence-electron chi connectivity index (χ3n) is 5.45. The van der Waals surface area contributed by atoms with E-state index in [9.17, 15) is 22.8 Å². The lowest BCUT2D eigenvalue weighted by Crippen LogP contribution is -2.27. The van der Waals surface area contributed by atoms with Gasteiger partial charge in [0.2, 0.25) is 0 Å². The molecule has 1 heterocycles. The van der Waals surface area contributed by atoms with Gasteiger partial charge >= 0.3 is 12.1 Å². The van der Waals surface area contributed by atoms with Crippen LogP contribution in [0.4, 0.5) is 13.2 Å². The van der Waals surface area contributed by atoms with E-state index in [2.05, 4.69) is 5.32 Å². The smallest absolute Gasteiger partial charge is 0.416 e. The van der Waals surface area contributed by atoms with Gasteiger partial charge in [0, 0.05) is 9.75 Å². The second-order valence-electron chi connectivity index (χ2n) is 7.75. The fourth-order valence-corrected chi connectivity index (χ4v) is 4.71. The Morgan fingerprint density at radius 3 is 2.15 bits per heavy atom. The second kappa shape index (κ2) is 9.79. The highest BCUT2D eigenvalue weighted by Gasteiger charge is 2.30. The molecule has 0 aliphatic carbocycles. The van der Waals surface area contributed by atoms with Crippen LogP contribution in [-0.2, 0) is 17.3 Å². The molecular weight excluding hydrogens is 451 g/mol. The second-order valence-corrected chi connectivity index (χ2v) is 9.18. The first kappa shape index (κ1) is 24.5. The van der Waals surface area contributed by atoms with Gasteiger partial charge in [-0.3, -0.25) is 4.79 Å². The highest BCUT2D eigenvalue weighted by atomic mass is 32.1. The molecule has 2 aromatic carbocycles. The quantitative estimate of drug-likeness (QED) is 0.429. The van der Waals surface area contributed by atoms with E-state index in [1.807, 2.05) is 20.8 Å². The highest BCUT2D eigenvalue weighted by molar-refractivity contribution is 7.12. The zero-order chi connectivity index (χ0) is 24.3. The number of rotatable bonds is 6. The number of esters is 1. The Morgan fingerprint density at radius 2 is 1.61 bits per heavy atom. The zero-order valence-corrected chi connectivity index (χ0v) is 19.5. The summed E-state index contributed by atoms with van der Waals surface area (Å²) in [5.41, 5.74) is 2.60. The molecule has 0 bridgehead atoms. The van der Waals surface area contributed by atoms with Gasteiger partial charge in [0.25, 0.3) is 5.91 Å². The number of aryl methyl sites for hydroxylation is 2. The van der Waals surface area contributed by atoms with Crippen LogP contribution in [0.25, 0.3) is 0 Å². The van der Waals surface area contributed by atoms with Crippen LogP contribution >= 0.6 is 11.3 Å². The Balaban J connectivity index is 1.79. The van der Waals surface area contributed by atoms with Crippen LogP contribution in [0.2, 0.25) is 0 Å². The summed E-state index contributed by atoms with van der Waals surface area (Å²) in [7, 11) is 1.31. The van der Waals surface area contributed by atoms with Crippen molar-refractivity contribution in [2.24, 2.45) is 0 Å². The largest absolute Gasteiger partial charge is 0.465 e. The molecule has 3 rings (SSSR count). The third kappa shape index (κ3) is 5.63. The van der Waals surface area contributed by atoms with Crippen LogP contribution in [0, 0.1) is 13.8 Å². The van der Waals surface area contributed by atoms with Gasteiger partial charge in [0.15, 0.2) is 0 Å². The third-order valence-corrected chi connectivity index (χ3v) is 6.52. The maximum Gasteiger partial charge on any atom is 0.416 e. The van der Waals surface area contributed by atoms with E-state index < -0.39 is 17.7 Å². The Kier molecular flexibility index (Phi) is 7.27. The number of hydrogen-bond donors (Lipinski definition) is 1. The van der Waals surface area contributed by atoms with Crippen LogP contribution in [0.3, 0.4) is 0 Å². The number of amides is 1. The van der Waals surface area contributed by atoms with Gasteiger partial charge in [0.05, 0.1) is 29.8 Å². The van der Waals surface area contributed by atoms with Gasteiger partial charge in [-0.2, -0.15) is 13.2 Å². The maximum atomic E-state index is 13.2. The molecule has 0 saturated carbocycles. The molecule has 1 N–H and O–H groups in total. The molecule has 0 saturated heterocycles. The summed E-state index contributed by atoms with van der Waals surface area (Å²) in [6.45, 7) is 5.61. The van der Waals surface area contributed by atoms with Gasteiger partial charge < -0.3 is 10.1 Å². The Morgan fingerprint density at radius 1 is 1.00 bits per heavy atom. The Hall–Kier alpha value is -3.13. The summed E-state index contributed by atoms with van der Waals surface area (Å²) < 4.78 is 43.2. The van der Waals surface area contributed by atoms with E-state index in [0.29, 0.717) is 23.1 Å². The molecule has 1 atom stereocenters. The number of carbonyl (C=O) groups excluding carboxylic acids is 2. The van der Waals surface area contributed by atoms with Crippen molar-refractivity contribution in [3.63, 3.8) is 0 Å². The SMILES string of the molecule is COC(=O)c1ccc([C@H](C)NC(=O)c2c(C)sc(C)c2Cc2ccc(C(F)(F)F)cc2)cc1. The number of ether oxygens (including phenoxy) is 1. The molecular formula is C25H24F3NO3S. The molecule has 174 valence electrons. The molecule has 4 nitrogen and oxygen atoms in total. The summed E-state index contributed by atoms with van der Waals surface area (Å²) in [5, 5.41) is 2.99. The lowest BCUT2D eigenvalue weighted by atomic mass is 9.98. The number of nitrogens with one attached hydrogen (secondary N) is 1. The number of hydrogen-bond acceptors (Lipinski definition) is 4. The summed E-state index contributed by atoms with van der Waals surface area (Å²) in [6.07, 6.45) is -4.02. The average molecular weight is 476 g/mol. The Bertz CT molecular complexity index is 1150. The van der Waals surface area contributed by atoms with Crippen molar-refractivity contribution < 1.29 is 27.5 Å². The van der Waals surface area contributed by atoms with Crippen LogP contribution in [0.15, 0.2) is 48.5 Å². The van der Waals surface area contributed by atoms with Gasteiger partial charge in [-0.15, -0.1) is 11.3 Å². The van der Waals surface area contributed by atoms with Crippen LogP contribution < -0.4 is 5.32 Å².